The molecular formula is C10H12O4. The van der Waals surface area contributed by atoms with Gasteiger partial charge in [0.05, 0.1) is 12.9 Å². The van der Waals surface area contributed by atoms with E-state index < -0.39 is 5.97 Å². The molecule has 0 aliphatic rings. The Bertz CT molecular complexity index is 311. The highest BCUT2D eigenvalue weighted by Crippen LogP contribution is 2.02. The number of carbonyl (C=O) groups is 1. The van der Waals surface area contributed by atoms with Crippen LogP contribution in [0.25, 0.3) is 0 Å². The van der Waals surface area contributed by atoms with E-state index in [4.69, 9.17) is 14.3 Å². The van der Waals surface area contributed by atoms with Crippen LogP contribution in [0.1, 0.15) is 12.7 Å². The van der Waals surface area contributed by atoms with Gasteiger partial charge >= 0.3 is 5.97 Å². The number of carboxylic acids is 1. The number of hydrogen-bond acceptors (Lipinski definition) is 3. The van der Waals surface area contributed by atoms with Gasteiger partial charge in [0.15, 0.2) is 0 Å². The normalized spacial score (nSPS) is 11.6. The zero-order valence-electron chi connectivity index (χ0n) is 7.90. The lowest BCUT2D eigenvalue weighted by atomic mass is 10.3. The molecule has 76 valence electrons. The summed E-state index contributed by atoms with van der Waals surface area (Å²) in [5.41, 5.74) is 0.282. The first kappa shape index (κ1) is 10.5. The van der Waals surface area contributed by atoms with Crippen LogP contribution < -0.4 is 0 Å². The lowest BCUT2D eigenvalue weighted by Crippen LogP contribution is -1.99. The van der Waals surface area contributed by atoms with Crippen molar-refractivity contribution in [2.24, 2.45) is 0 Å². The van der Waals surface area contributed by atoms with Gasteiger partial charge in [0.1, 0.15) is 12.4 Å². The topological polar surface area (TPSA) is 59.7 Å². The van der Waals surface area contributed by atoms with Gasteiger partial charge in [-0.1, -0.05) is 0 Å². The van der Waals surface area contributed by atoms with Gasteiger partial charge in [-0.05, 0) is 25.1 Å². The quantitative estimate of drug-likeness (QED) is 0.576. The molecule has 0 aliphatic carbocycles. The third-order valence-electron chi connectivity index (χ3n) is 1.67. The average molecular weight is 196 g/mol. The fraction of sp³-hybridized carbons (Fsp3) is 0.300. The minimum Gasteiger partial charge on any atom is -0.478 e. The number of furan rings is 1. The summed E-state index contributed by atoms with van der Waals surface area (Å²) < 4.78 is 10.2. The predicted molar refractivity (Wildman–Crippen MR) is 49.8 cm³/mol. The summed E-state index contributed by atoms with van der Waals surface area (Å²) in [6.45, 7) is 2.16. The maximum Gasteiger partial charge on any atom is 0.331 e. The van der Waals surface area contributed by atoms with Crippen molar-refractivity contribution in [3.63, 3.8) is 0 Å². The summed E-state index contributed by atoms with van der Waals surface area (Å²) in [7, 11) is 0. The lowest BCUT2D eigenvalue weighted by Gasteiger charge is -1.97. The van der Waals surface area contributed by atoms with E-state index in [0.717, 1.165) is 5.76 Å². The molecule has 1 aromatic heterocycles. The monoisotopic (exact) mass is 196 g/mol. The van der Waals surface area contributed by atoms with Crippen LogP contribution in [0.5, 0.6) is 0 Å². The fourth-order valence-electron chi connectivity index (χ4n) is 0.825. The minimum atomic E-state index is -0.924. The SMILES string of the molecule is CC(=CCOCc1ccco1)C(=O)O. The molecule has 0 unspecified atom stereocenters. The van der Waals surface area contributed by atoms with Gasteiger partial charge in [-0.15, -0.1) is 0 Å². The van der Waals surface area contributed by atoms with Crippen molar-refractivity contribution in [1.82, 2.24) is 0 Å². The average Bonchev–Trinajstić information content (AvgIpc) is 2.64. The highest BCUT2D eigenvalue weighted by molar-refractivity contribution is 5.85. The van der Waals surface area contributed by atoms with Crippen LogP contribution in [-0.2, 0) is 16.1 Å². The van der Waals surface area contributed by atoms with Crippen LogP contribution in [-0.4, -0.2) is 17.7 Å². The van der Waals surface area contributed by atoms with Gasteiger partial charge in [0, 0.05) is 5.57 Å². The smallest absolute Gasteiger partial charge is 0.331 e. The predicted octanol–water partition coefficient (Wildman–Crippen LogP) is 1.83. The Morgan fingerprint density at radius 3 is 3.07 bits per heavy atom. The van der Waals surface area contributed by atoms with E-state index in [1.807, 2.05) is 0 Å². The Balaban J connectivity index is 2.23. The Labute approximate surface area is 81.8 Å². The summed E-state index contributed by atoms with van der Waals surface area (Å²) in [4.78, 5) is 10.4. The van der Waals surface area contributed by atoms with E-state index >= 15 is 0 Å². The first-order valence-corrected chi connectivity index (χ1v) is 4.20. The molecule has 0 saturated heterocycles. The summed E-state index contributed by atoms with van der Waals surface area (Å²) in [6, 6.07) is 3.57. The van der Waals surface area contributed by atoms with E-state index in [1.165, 1.54) is 13.0 Å². The van der Waals surface area contributed by atoms with Crippen LogP contribution in [0.4, 0.5) is 0 Å². The third-order valence-corrected chi connectivity index (χ3v) is 1.67. The molecule has 0 radical (unpaired) electrons. The molecular weight excluding hydrogens is 184 g/mol. The zero-order valence-corrected chi connectivity index (χ0v) is 7.90. The molecule has 0 bridgehead atoms. The highest BCUT2D eigenvalue weighted by atomic mass is 16.5. The van der Waals surface area contributed by atoms with Crippen molar-refractivity contribution >= 4 is 5.97 Å². The number of rotatable bonds is 5. The first-order valence-electron chi connectivity index (χ1n) is 4.20. The van der Waals surface area contributed by atoms with Crippen molar-refractivity contribution < 1.29 is 19.1 Å². The highest BCUT2D eigenvalue weighted by Gasteiger charge is 1.98. The molecule has 0 amide bonds. The van der Waals surface area contributed by atoms with E-state index in [-0.39, 0.29) is 12.2 Å². The van der Waals surface area contributed by atoms with Gasteiger partial charge in [-0.25, -0.2) is 4.79 Å². The van der Waals surface area contributed by atoms with Crippen LogP contribution in [0.15, 0.2) is 34.5 Å². The standard InChI is InChI=1S/C10H12O4/c1-8(10(11)12)4-6-13-7-9-3-2-5-14-9/h2-5H,6-7H2,1H3,(H,11,12). The molecule has 0 spiro atoms. The molecule has 14 heavy (non-hydrogen) atoms. The number of aliphatic carboxylic acids is 1. The largest absolute Gasteiger partial charge is 0.478 e. The van der Waals surface area contributed by atoms with Crippen molar-refractivity contribution in [2.75, 3.05) is 6.61 Å². The van der Waals surface area contributed by atoms with Gasteiger partial charge in [-0.2, -0.15) is 0 Å². The van der Waals surface area contributed by atoms with Crippen LogP contribution in [0, 0.1) is 0 Å². The van der Waals surface area contributed by atoms with Crippen molar-refractivity contribution in [3.8, 4) is 0 Å². The second-order valence-corrected chi connectivity index (χ2v) is 2.79. The second kappa shape index (κ2) is 5.24. The Kier molecular flexibility index (Phi) is 3.94. The van der Waals surface area contributed by atoms with Crippen molar-refractivity contribution in [1.29, 1.82) is 0 Å². The van der Waals surface area contributed by atoms with E-state index in [1.54, 1.807) is 18.4 Å². The first-order chi connectivity index (χ1) is 6.70. The summed E-state index contributed by atoms with van der Waals surface area (Å²) in [5.74, 6) is -0.196. The molecule has 0 aromatic carbocycles. The molecule has 0 atom stereocenters. The third kappa shape index (κ3) is 3.45. The van der Waals surface area contributed by atoms with Crippen molar-refractivity contribution in [2.45, 2.75) is 13.5 Å². The molecule has 4 nitrogen and oxygen atoms in total. The van der Waals surface area contributed by atoms with Gasteiger partial charge in [-0.3, -0.25) is 0 Å². The lowest BCUT2D eigenvalue weighted by molar-refractivity contribution is -0.132. The van der Waals surface area contributed by atoms with E-state index in [9.17, 15) is 4.79 Å². The molecule has 1 N–H and O–H groups in total. The second-order valence-electron chi connectivity index (χ2n) is 2.79. The minimum absolute atomic E-state index is 0.277. The zero-order chi connectivity index (χ0) is 10.4. The maximum absolute atomic E-state index is 10.4. The number of carboxylic acid groups (broad SMARTS) is 1. The fourth-order valence-corrected chi connectivity index (χ4v) is 0.825. The summed E-state index contributed by atoms with van der Waals surface area (Å²) in [6.07, 6.45) is 3.09. The molecule has 4 heteroatoms. The van der Waals surface area contributed by atoms with E-state index in [2.05, 4.69) is 0 Å². The molecule has 0 fully saturated rings. The van der Waals surface area contributed by atoms with E-state index in [0.29, 0.717) is 6.61 Å². The van der Waals surface area contributed by atoms with Crippen LogP contribution >= 0.6 is 0 Å². The molecule has 0 aliphatic heterocycles. The van der Waals surface area contributed by atoms with Crippen LogP contribution in [0.2, 0.25) is 0 Å². The van der Waals surface area contributed by atoms with Gasteiger partial charge in [0.25, 0.3) is 0 Å². The van der Waals surface area contributed by atoms with Crippen molar-refractivity contribution in [3.05, 3.63) is 35.8 Å². The Morgan fingerprint density at radius 1 is 1.71 bits per heavy atom. The molecule has 0 saturated carbocycles. The summed E-state index contributed by atoms with van der Waals surface area (Å²) >= 11 is 0. The molecule has 1 rings (SSSR count). The van der Waals surface area contributed by atoms with Gasteiger partial charge in [0.2, 0.25) is 0 Å². The summed E-state index contributed by atoms with van der Waals surface area (Å²) in [5, 5.41) is 8.52. The number of ether oxygens (including phenoxy) is 1. The Hall–Kier alpha value is -1.55. The number of hydrogen-bond donors (Lipinski definition) is 1. The molecule has 1 heterocycles. The Morgan fingerprint density at radius 2 is 2.50 bits per heavy atom. The van der Waals surface area contributed by atoms with Gasteiger partial charge < -0.3 is 14.3 Å². The molecule has 1 aromatic rings. The van der Waals surface area contributed by atoms with Crippen LogP contribution in [0.3, 0.4) is 0 Å². The maximum atomic E-state index is 10.4.